The maximum atomic E-state index is 4.87. The molecular weight excluding hydrogens is 352 g/mol. The van der Waals surface area contributed by atoms with Crippen LogP contribution in [0.4, 0.5) is 0 Å². The van der Waals surface area contributed by atoms with E-state index in [4.69, 9.17) is 4.98 Å². The molecule has 2 aromatic rings. The SMILES string of the molecule is CC(C)NC(c1nc(C(C)(C)C)cs1)c1sccc1Br. The van der Waals surface area contributed by atoms with Crippen molar-refractivity contribution < 1.29 is 0 Å². The van der Waals surface area contributed by atoms with Gasteiger partial charge in [-0.2, -0.15) is 0 Å². The monoisotopic (exact) mass is 372 g/mol. The van der Waals surface area contributed by atoms with Gasteiger partial charge in [0, 0.05) is 26.2 Å². The van der Waals surface area contributed by atoms with Gasteiger partial charge in [0.1, 0.15) is 5.01 Å². The van der Waals surface area contributed by atoms with Crippen LogP contribution in [-0.4, -0.2) is 11.0 Å². The number of nitrogens with zero attached hydrogens (tertiary/aromatic N) is 1. The first kappa shape index (κ1) is 16.1. The second kappa shape index (κ2) is 6.26. The molecule has 0 radical (unpaired) electrons. The van der Waals surface area contributed by atoms with Gasteiger partial charge in [-0.25, -0.2) is 4.98 Å². The van der Waals surface area contributed by atoms with E-state index in [1.165, 1.54) is 10.6 Å². The third-order valence-electron chi connectivity index (χ3n) is 2.94. The summed E-state index contributed by atoms with van der Waals surface area (Å²) < 4.78 is 1.16. The summed E-state index contributed by atoms with van der Waals surface area (Å²) in [5, 5.41) is 9.08. The van der Waals surface area contributed by atoms with Crippen LogP contribution in [0.15, 0.2) is 21.3 Å². The minimum atomic E-state index is 0.101. The molecule has 1 N–H and O–H groups in total. The second-order valence-corrected chi connectivity index (χ2v) is 8.90. The molecule has 0 bridgehead atoms. The van der Waals surface area contributed by atoms with Crippen LogP contribution in [-0.2, 0) is 5.41 Å². The van der Waals surface area contributed by atoms with Crippen molar-refractivity contribution in [3.8, 4) is 0 Å². The van der Waals surface area contributed by atoms with E-state index in [-0.39, 0.29) is 11.5 Å². The molecule has 2 rings (SSSR count). The van der Waals surface area contributed by atoms with E-state index in [2.05, 4.69) is 72.7 Å². The van der Waals surface area contributed by atoms with Crippen molar-refractivity contribution in [1.82, 2.24) is 10.3 Å². The summed E-state index contributed by atoms with van der Waals surface area (Å²) in [7, 11) is 0. The quantitative estimate of drug-likeness (QED) is 0.781. The van der Waals surface area contributed by atoms with Gasteiger partial charge in [0.15, 0.2) is 0 Å². The summed E-state index contributed by atoms with van der Waals surface area (Å²) in [5.74, 6) is 0. The lowest BCUT2D eigenvalue weighted by atomic mass is 9.93. The lowest BCUT2D eigenvalue weighted by molar-refractivity contribution is 0.523. The van der Waals surface area contributed by atoms with Gasteiger partial charge in [-0.15, -0.1) is 22.7 Å². The van der Waals surface area contributed by atoms with Crippen molar-refractivity contribution in [2.45, 2.75) is 52.1 Å². The van der Waals surface area contributed by atoms with Crippen LogP contribution in [0.3, 0.4) is 0 Å². The Kier molecular flexibility index (Phi) is 5.05. The average Bonchev–Trinajstić information content (AvgIpc) is 2.93. The lowest BCUT2D eigenvalue weighted by Gasteiger charge is -2.19. The van der Waals surface area contributed by atoms with E-state index in [1.807, 2.05) is 0 Å². The highest BCUT2D eigenvalue weighted by molar-refractivity contribution is 9.10. The molecule has 0 saturated heterocycles. The summed E-state index contributed by atoms with van der Waals surface area (Å²) >= 11 is 7.16. The standard InChI is InChI=1S/C15H21BrN2S2/c1-9(2)17-12(13-10(16)6-7-19-13)14-18-11(8-20-14)15(3,4)5/h6-9,12,17H,1-5H3. The molecule has 2 nitrogen and oxygen atoms in total. The van der Waals surface area contributed by atoms with Crippen LogP contribution >= 0.6 is 38.6 Å². The zero-order valence-corrected chi connectivity index (χ0v) is 15.7. The minimum Gasteiger partial charge on any atom is -0.301 e. The van der Waals surface area contributed by atoms with Gasteiger partial charge in [0.05, 0.1) is 11.7 Å². The van der Waals surface area contributed by atoms with Crippen molar-refractivity contribution in [2.75, 3.05) is 0 Å². The number of aromatic nitrogens is 1. The molecule has 0 aromatic carbocycles. The molecule has 20 heavy (non-hydrogen) atoms. The molecule has 5 heteroatoms. The largest absolute Gasteiger partial charge is 0.301 e. The number of rotatable bonds is 4. The van der Waals surface area contributed by atoms with Gasteiger partial charge in [-0.05, 0) is 41.2 Å². The Balaban J connectivity index is 2.37. The smallest absolute Gasteiger partial charge is 0.115 e. The summed E-state index contributed by atoms with van der Waals surface area (Å²) in [4.78, 5) is 6.17. The topological polar surface area (TPSA) is 24.9 Å². The Bertz CT molecular complexity index is 566. The van der Waals surface area contributed by atoms with E-state index in [0.29, 0.717) is 6.04 Å². The lowest BCUT2D eigenvalue weighted by Crippen LogP contribution is -2.28. The van der Waals surface area contributed by atoms with Gasteiger partial charge < -0.3 is 5.32 Å². The fourth-order valence-electron chi connectivity index (χ4n) is 1.87. The molecule has 0 amide bonds. The minimum absolute atomic E-state index is 0.101. The van der Waals surface area contributed by atoms with E-state index >= 15 is 0 Å². The Morgan fingerprint density at radius 1 is 1.25 bits per heavy atom. The van der Waals surface area contributed by atoms with Crippen molar-refractivity contribution in [3.63, 3.8) is 0 Å². The molecule has 2 heterocycles. The molecule has 0 aliphatic heterocycles. The summed E-state index contributed by atoms with van der Waals surface area (Å²) in [5.41, 5.74) is 1.27. The predicted octanol–water partition coefficient (Wildman–Crippen LogP) is 5.35. The fourth-order valence-corrected chi connectivity index (χ4v) is 4.72. The van der Waals surface area contributed by atoms with E-state index in [0.717, 1.165) is 9.48 Å². The Labute approximate surface area is 137 Å². The van der Waals surface area contributed by atoms with Crippen molar-refractivity contribution >= 4 is 38.6 Å². The normalized spacial score (nSPS) is 13.9. The van der Waals surface area contributed by atoms with Crippen LogP contribution < -0.4 is 5.32 Å². The van der Waals surface area contributed by atoms with Crippen LogP contribution in [0.1, 0.15) is 56.2 Å². The maximum absolute atomic E-state index is 4.87. The Morgan fingerprint density at radius 2 is 1.95 bits per heavy atom. The molecule has 0 saturated carbocycles. The van der Waals surface area contributed by atoms with Gasteiger partial charge in [0.25, 0.3) is 0 Å². The highest BCUT2D eigenvalue weighted by Crippen LogP contribution is 2.36. The van der Waals surface area contributed by atoms with Gasteiger partial charge in [-0.1, -0.05) is 20.8 Å². The molecule has 2 aromatic heterocycles. The average molecular weight is 373 g/mol. The summed E-state index contributed by atoms with van der Waals surface area (Å²) in [6, 6.07) is 2.69. The van der Waals surface area contributed by atoms with E-state index < -0.39 is 0 Å². The predicted molar refractivity (Wildman–Crippen MR) is 92.9 cm³/mol. The first-order valence-corrected chi connectivity index (χ1v) is 9.29. The third-order valence-corrected chi connectivity index (χ3v) is 5.79. The van der Waals surface area contributed by atoms with Gasteiger partial charge in [0.2, 0.25) is 0 Å². The van der Waals surface area contributed by atoms with E-state index in [1.54, 1.807) is 22.7 Å². The number of hydrogen-bond acceptors (Lipinski definition) is 4. The molecule has 110 valence electrons. The number of hydrogen-bond donors (Lipinski definition) is 1. The number of nitrogens with one attached hydrogen (secondary N) is 1. The fraction of sp³-hybridized carbons (Fsp3) is 0.533. The van der Waals surface area contributed by atoms with Crippen LogP contribution in [0.5, 0.6) is 0 Å². The highest BCUT2D eigenvalue weighted by Gasteiger charge is 2.25. The van der Waals surface area contributed by atoms with E-state index in [9.17, 15) is 0 Å². The number of thiophene rings is 1. The van der Waals surface area contributed by atoms with Crippen LogP contribution in [0.25, 0.3) is 0 Å². The Morgan fingerprint density at radius 3 is 2.40 bits per heavy atom. The van der Waals surface area contributed by atoms with Gasteiger partial charge >= 0.3 is 0 Å². The molecule has 0 fully saturated rings. The molecule has 1 atom stereocenters. The first-order valence-electron chi connectivity index (χ1n) is 6.74. The second-order valence-electron chi connectivity index (χ2n) is 6.21. The van der Waals surface area contributed by atoms with Crippen molar-refractivity contribution in [1.29, 1.82) is 0 Å². The molecule has 0 aliphatic carbocycles. The first-order chi connectivity index (χ1) is 9.29. The summed E-state index contributed by atoms with van der Waals surface area (Å²) in [6.45, 7) is 11.0. The zero-order valence-electron chi connectivity index (χ0n) is 12.5. The van der Waals surface area contributed by atoms with Gasteiger partial charge in [-0.3, -0.25) is 0 Å². The molecule has 0 spiro atoms. The third kappa shape index (κ3) is 3.70. The molecule has 1 unspecified atom stereocenters. The summed E-state index contributed by atoms with van der Waals surface area (Å²) in [6.07, 6.45) is 0. The van der Waals surface area contributed by atoms with Crippen molar-refractivity contribution in [2.24, 2.45) is 0 Å². The molecular formula is C15H21BrN2S2. The maximum Gasteiger partial charge on any atom is 0.115 e. The molecule has 0 aliphatic rings. The number of thiazole rings is 1. The number of halogens is 1. The Hall–Kier alpha value is -0.230. The van der Waals surface area contributed by atoms with Crippen LogP contribution in [0.2, 0.25) is 0 Å². The highest BCUT2D eigenvalue weighted by atomic mass is 79.9. The van der Waals surface area contributed by atoms with Crippen molar-refractivity contribution in [3.05, 3.63) is 36.9 Å². The zero-order chi connectivity index (χ0) is 14.9. The van der Waals surface area contributed by atoms with Crippen LogP contribution in [0, 0.1) is 0 Å².